The zero-order valence-electron chi connectivity index (χ0n) is 16.6. The number of hydrogen-bond donors (Lipinski definition) is 2. The molecule has 2 atom stereocenters. The highest BCUT2D eigenvalue weighted by Gasteiger charge is 2.43. The molecule has 0 aliphatic heterocycles. The van der Waals surface area contributed by atoms with Crippen molar-refractivity contribution in [1.29, 1.82) is 0 Å². The van der Waals surface area contributed by atoms with E-state index in [0.29, 0.717) is 38.8 Å². The smallest absolute Gasteiger partial charge is 0.374 e. The summed E-state index contributed by atoms with van der Waals surface area (Å²) in [5, 5.41) is 0. The van der Waals surface area contributed by atoms with Gasteiger partial charge in [0, 0.05) is 31.4 Å². The van der Waals surface area contributed by atoms with Crippen LogP contribution in [-0.4, -0.2) is 40.7 Å². The Labute approximate surface area is 160 Å². The lowest BCUT2D eigenvalue weighted by Gasteiger charge is -2.35. The second-order valence-electron chi connectivity index (χ2n) is 6.59. The molecule has 2 unspecified atom stereocenters. The first-order valence-electron chi connectivity index (χ1n) is 9.54. The van der Waals surface area contributed by atoms with Crippen LogP contribution in [0.2, 0.25) is 6.04 Å². The second-order valence-corrected chi connectivity index (χ2v) is 9.23. The third-order valence-electron chi connectivity index (χ3n) is 4.42. The first kappa shape index (κ1) is 23.0. The van der Waals surface area contributed by atoms with Gasteiger partial charge >= 0.3 is 8.80 Å². The highest BCUT2D eigenvalue weighted by atomic mass is 28.4. The molecule has 4 N–H and O–H groups in total. The zero-order valence-corrected chi connectivity index (χ0v) is 17.6. The summed E-state index contributed by atoms with van der Waals surface area (Å²) in [6.07, 6.45) is 3.28. The molecule has 0 bridgehead atoms. The average Bonchev–Trinajstić information content (AvgIpc) is 2.62. The molecule has 0 amide bonds. The fourth-order valence-corrected chi connectivity index (χ4v) is 6.24. The molecule has 1 rings (SSSR count). The molecule has 0 aliphatic carbocycles. The van der Waals surface area contributed by atoms with Crippen molar-refractivity contribution in [2.24, 2.45) is 17.4 Å². The maximum atomic E-state index is 6.67. The Bertz CT molecular complexity index is 498. The van der Waals surface area contributed by atoms with Gasteiger partial charge in [0.15, 0.2) is 0 Å². The van der Waals surface area contributed by atoms with Gasteiger partial charge in [0.2, 0.25) is 0 Å². The molecule has 0 fully saturated rings. The van der Waals surface area contributed by atoms with E-state index < -0.39 is 14.3 Å². The quantitative estimate of drug-likeness (QED) is 0.383. The molecule has 148 valence electrons. The Kier molecular flexibility index (Phi) is 10.3. The van der Waals surface area contributed by atoms with Crippen LogP contribution in [0.4, 0.5) is 0 Å². The van der Waals surface area contributed by atoms with E-state index in [0.717, 1.165) is 6.42 Å². The first-order valence-corrected chi connectivity index (χ1v) is 11.5. The summed E-state index contributed by atoms with van der Waals surface area (Å²) < 4.78 is 17.9. The van der Waals surface area contributed by atoms with Gasteiger partial charge in [-0.2, -0.15) is 0 Å². The van der Waals surface area contributed by atoms with Crippen LogP contribution in [0.25, 0.3) is 0 Å². The van der Waals surface area contributed by atoms with Gasteiger partial charge < -0.3 is 24.7 Å². The van der Waals surface area contributed by atoms with Crippen LogP contribution in [0.5, 0.6) is 0 Å². The van der Waals surface area contributed by atoms with Crippen molar-refractivity contribution in [2.45, 2.75) is 45.2 Å². The molecule has 26 heavy (non-hydrogen) atoms. The number of rotatable bonds is 14. The van der Waals surface area contributed by atoms with Crippen LogP contribution < -0.4 is 11.5 Å². The van der Waals surface area contributed by atoms with E-state index in [1.54, 1.807) is 0 Å². The zero-order chi connectivity index (χ0) is 19.5. The Balaban J connectivity index is 2.91. The molecule has 0 radical (unpaired) electrons. The largest absolute Gasteiger partial charge is 0.501 e. The summed E-state index contributed by atoms with van der Waals surface area (Å²) in [5.41, 5.74) is 13.4. The van der Waals surface area contributed by atoms with Gasteiger partial charge in [0.1, 0.15) is 0 Å². The van der Waals surface area contributed by atoms with Crippen molar-refractivity contribution in [1.82, 2.24) is 0 Å². The SMILES string of the molecule is C=CC(N)(Cc1ccccc1)CC(CN)C[Si](OCC)(OCC)OCC. The predicted molar refractivity (Wildman–Crippen MR) is 110 cm³/mol. The second kappa shape index (κ2) is 11.6. The lowest BCUT2D eigenvalue weighted by atomic mass is 9.83. The minimum absolute atomic E-state index is 0.137. The minimum Gasteiger partial charge on any atom is -0.374 e. The normalized spacial score (nSPS) is 15.4. The summed E-state index contributed by atoms with van der Waals surface area (Å²) in [6, 6.07) is 10.9. The molecular formula is C20H36N2O3Si. The van der Waals surface area contributed by atoms with Crippen molar-refractivity contribution in [2.75, 3.05) is 26.4 Å². The van der Waals surface area contributed by atoms with E-state index in [1.807, 2.05) is 45.0 Å². The highest BCUT2D eigenvalue weighted by Crippen LogP contribution is 2.29. The van der Waals surface area contributed by atoms with E-state index in [1.165, 1.54) is 5.56 Å². The molecule has 0 aliphatic rings. The number of nitrogens with two attached hydrogens (primary N) is 2. The van der Waals surface area contributed by atoms with Crippen LogP contribution in [0, 0.1) is 5.92 Å². The Hall–Kier alpha value is -1.02. The standard InChI is InChI=1S/C20H36N2O3Si/c1-5-20(22,14-18-12-10-9-11-13-18)15-19(16-21)17-26(23-6-2,24-7-3)25-8-4/h5,9-13,19H,1,6-8,14-17,21-22H2,2-4H3. The molecule has 0 aromatic heterocycles. The minimum atomic E-state index is -2.75. The fraction of sp³-hybridized carbons (Fsp3) is 0.600. The molecule has 0 saturated heterocycles. The monoisotopic (exact) mass is 380 g/mol. The maximum absolute atomic E-state index is 6.67. The third-order valence-corrected chi connectivity index (χ3v) is 7.68. The lowest BCUT2D eigenvalue weighted by Crippen LogP contribution is -2.50. The summed E-state index contributed by atoms with van der Waals surface area (Å²) in [4.78, 5) is 0. The van der Waals surface area contributed by atoms with E-state index >= 15 is 0 Å². The molecular weight excluding hydrogens is 344 g/mol. The van der Waals surface area contributed by atoms with Crippen LogP contribution in [0.15, 0.2) is 43.0 Å². The van der Waals surface area contributed by atoms with Gasteiger partial charge in [-0.25, -0.2) is 0 Å². The summed E-state index contributed by atoms with van der Waals surface area (Å²) in [7, 11) is -2.75. The summed E-state index contributed by atoms with van der Waals surface area (Å²) in [5.74, 6) is 0.137. The molecule has 6 heteroatoms. The third kappa shape index (κ3) is 7.30. The van der Waals surface area contributed by atoms with Gasteiger partial charge in [-0.05, 0) is 51.6 Å². The molecule has 1 aromatic carbocycles. The van der Waals surface area contributed by atoms with Gasteiger partial charge in [0.05, 0.1) is 0 Å². The van der Waals surface area contributed by atoms with E-state index in [-0.39, 0.29) is 5.92 Å². The molecule has 5 nitrogen and oxygen atoms in total. The molecule has 0 spiro atoms. The van der Waals surface area contributed by atoms with Crippen LogP contribution in [0.1, 0.15) is 32.8 Å². The van der Waals surface area contributed by atoms with Gasteiger partial charge in [-0.3, -0.25) is 0 Å². The number of benzene rings is 1. The van der Waals surface area contributed by atoms with Crippen molar-refractivity contribution >= 4 is 8.80 Å². The lowest BCUT2D eigenvalue weighted by molar-refractivity contribution is 0.0662. The Morgan fingerprint density at radius 2 is 1.62 bits per heavy atom. The van der Waals surface area contributed by atoms with E-state index in [9.17, 15) is 0 Å². The topological polar surface area (TPSA) is 79.7 Å². The van der Waals surface area contributed by atoms with Gasteiger partial charge in [-0.15, -0.1) is 6.58 Å². The van der Waals surface area contributed by atoms with Crippen molar-refractivity contribution in [3.63, 3.8) is 0 Å². The van der Waals surface area contributed by atoms with Crippen LogP contribution in [-0.2, 0) is 19.7 Å². The Morgan fingerprint density at radius 1 is 1.08 bits per heavy atom. The van der Waals surface area contributed by atoms with E-state index in [4.69, 9.17) is 24.7 Å². The van der Waals surface area contributed by atoms with E-state index in [2.05, 4.69) is 18.7 Å². The van der Waals surface area contributed by atoms with Crippen LogP contribution in [0.3, 0.4) is 0 Å². The molecule has 0 heterocycles. The summed E-state index contributed by atoms with van der Waals surface area (Å²) >= 11 is 0. The first-order chi connectivity index (χ1) is 12.5. The Morgan fingerprint density at radius 3 is 2.04 bits per heavy atom. The van der Waals surface area contributed by atoms with Gasteiger partial charge in [0.25, 0.3) is 0 Å². The maximum Gasteiger partial charge on any atom is 0.501 e. The number of hydrogen-bond acceptors (Lipinski definition) is 5. The fourth-order valence-electron chi connectivity index (χ4n) is 3.29. The highest BCUT2D eigenvalue weighted by molar-refractivity contribution is 6.60. The van der Waals surface area contributed by atoms with Crippen LogP contribution >= 0.6 is 0 Å². The van der Waals surface area contributed by atoms with Crippen molar-refractivity contribution in [3.05, 3.63) is 48.6 Å². The predicted octanol–water partition coefficient (Wildman–Crippen LogP) is 3.13. The summed E-state index contributed by atoms with van der Waals surface area (Å²) in [6.45, 7) is 12.0. The van der Waals surface area contributed by atoms with Crippen molar-refractivity contribution < 1.29 is 13.3 Å². The average molecular weight is 381 g/mol. The van der Waals surface area contributed by atoms with Crippen molar-refractivity contribution in [3.8, 4) is 0 Å². The molecule has 0 saturated carbocycles. The molecule has 1 aromatic rings. The van der Waals surface area contributed by atoms with Gasteiger partial charge in [-0.1, -0.05) is 36.4 Å².